The number of aromatic nitrogens is 2. The highest BCUT2D eigenvalue weighted by atomic mass is 32.1. The van der Waals surface area contributed by atoms with Crippen molar-refractivity contribution in [1.82, 2.24) is 9.78 Å². The van der Waals surface area contributed by atoms with Gasteiger partial charge in [-0.2, -0.15) is 5.10 Å². The highest BCUT2D eigenvalue weighted by Crippen LogP contribution is 2.31. The van der Waals surface area contributed by atoms with Gasteiger partial charge in [-0.15, -0.1) is 22.7 Å². The molecule has 5 heteroatoms. The number of rotatable bonds is 2. The Bertz CT molecular complexity index is 634. The van der Waals surface area contributed by atoms with E-state index < -0.39 is 0 Å². The lowest BCUT2D eigenvalue weighted by molar-refractivity contribution is 0.104. The maximum atomic E-state index is 12.1. The maximum Gasteiger partial charge on any atom is 0.206 e. The van der Waals surface area contributed by atoms with E-state index in [-0.39, 0.29) is 5.78 Å². The first-order valence-corrected chi connectivity index (χ1v) is 6.44. The van der Waals surface area contributed by atoms with Gasteiger partial charge in [0.05, 0.1) is 16.6 Å². The fraction of sp³-hybridized carbons (Fsp3) is 0.0909. The van der Waals surface area contributed by atoms with Crippen LogP contribution in [0.4, 0.5) is 0 Å². The van der Waals surface area contributed by atoms with Crippen molar-refractivity contribution >= 4 is 37.9 Å². The minimum atomic E-state index is 0.0569. The second-order valence-corrected chi connectivity index (χ2v) is 5.52. The van der Waals surface area contributed by atoms with E-state index in [1.165, 1.54) is 20.7 Å². The number of ketones is 1. The largest absolute Gasteiger partial charge is 0.288 e. The van der Waals surface area contributed by atoms with Gasteiger partial charge in [-0.1, -0.05) is 0 Å². The van der Waals surface area contributed by atoms with Gasteiger partial charge in [0.2, 0.25) is 5.78 Å². The zero-order valence-electron chi connectivity index (χ0n) is 8.51. The summed E-state index contributed by atoms with van der Waals surface area (Å²) in [6, 6.07) is 4.00. The van der Waals surface area contributed by atoms with E-state index in [0.29, 0.717) is 5.56 Å². The van der Waals surface area contributed by atoms with Crippen molar-refractivity contribution in [2.45, 2.75) is 0 Å². The van der Waals surface area contributed by atoms with Gasteiger partial charge in [-0.25, -0.2) is 0 Å². The van der Waals surface area contributed by atoms with Crippen molar-refractivity contribution in [3.63, 3.8) is 0 Å². The van der Waals surface area contributed by atoms with E-state index >= 15 is 0 Å². The molecule has 3 aromatic rings. The van der Waals surface area contributed by atoms with Gasteiger partial charge in [0.15, 0.2) is 0 Å². The van der Waals surface area contributed by atoms with Crippen LogP contribution in [0.2, 0.25) is 0 Å². The quantitative estimate of drug-likeness (QED) is 0.654. The minimum Gasteiger partial charge on any atom is -0.288 e. The molecule has 0 aliphatic carbocycles. The molecule has 0 N–H and O–H groups in total. The van der Waals surface area contributed by atoms with E-state index in [4.69, 9.17) is 0 Å². The van der Waals surface area contributed by atoms with Gasteiger partial charge in [0, 0.05) is 22.6 Å². The Morgan fingerprint density at radius 3 is 3.00 bits per heavy atom. The first-order chi connectivity index (χ1) is 7.74. The van der Waals surface area contributed by atoms with Crippen LogP contribution in [-0.2, 0) is 7.05 Å². The number of carbonyl (C=O) groups excluding carboxylic acids is 1. The monoisotopic (exact) mass is 248 g/mol. The third-order valence-corrected chi connectivity index (χ3v) is 4.42. The van der Waals surface area contributed by atoms with Crippen molar-refractivity contribution in [3.05, 3.63) is 40.3 Å². The molecular weight excluding hydrogens is 240 g/mol. The molecule has 0 atom stereocenters. The summed E-state index contributed by atoms with van der Waals surface area (Å²) in [5.41, 5.74) is 0.649. The standard InChI is InChI=1S/C11H8N2OS2/c1-13-6-7(5-12-13)11(14)10-4-9-8(16-10)2-3-15-9/h2-6H,1H3. The molecule has 3 nitrogen and oxygen atoms in total. The molecule has 0 amide bonds. The van der Waals surface area contributed by atoms with Crippen LogP contribution in [0, 0.1) is 0 Å². The summed E-state index contributed by atoms with van der Waals surface area (Å²) in [5.74, 6) is 0.0569. The van der Waals surface area contributed by atoms with Crippen molar-refractivity contribution in [2.24, 2.45) is 7.05 Å². The number of thiophene rings is 2. The van der Waals surface area contributed by atoms with E-state index in [0.717, 1.165) is 4.88 Å². The SMILES string of the molecule is Cn1cc(C(=O)c2cc3sccc3s2)cn1. The number of nitrogens with zero attached hydrogens (tertiary/aromatic N) is 2. The van der Waals surface area contributed by atoms with Crippen LogP contribution in [0.3, 0.4) is 0 Å². The van der Waals surface area contributed by atoms with Crippen LogP contribution in [0.15, 0.2) is 29.9 Å². The highest BCUT2D eigenvalue weighted by Gasteiger charge is 2.14. The van der Waals surface area contributed by atoms with Crippen molar-refractivity contribution in [2.75, 3.05) is 0 Å². The lowest BCUT2D eigenvalue weighted by Gasteiger charge is -1.90. The molecule has 3 aromatic heterocycles. The Kier molecular flexibility index (Phi) is 2.15. The first-order valence-electron chi connectivity index (χ1n) is 4.74. The normalized spacial score (nSPS) is 11.1. The number of hydrogen-bond donors (Lipinski definition) is 0. The van der Waals surface area contributed by atoms with Crippen LogP contribution < -0.4 is 0 Å². The molecule has 0 aliphatic heterocycles. The number of carbonyl (C=O) groups is 1. The Hall–Kier alpha value is -1.46. The van der Waals surface area contributed by atoms with Gasteiger partial charge in [0.25, 0.3) is 0 Å². The Labute approximate surface area is 99.9 Å². The van der Waals surface area contributed by atoms with Crippen molar-refractivity contribution < 1.29 is 4.79 Å². The topological polar surface area (TPSA) is 34.9 Å². The number of hydrogen-bond acceptors (Lipinski definition) is 4. The van der Waals surface area contributed by atoms with Crippen molar-refractivity contribution in [1.29, 1.82) is 0 Å². The fourth-order valence-electron chi connectivity index (χ4n) is 1.56. The molecule has 0 aromatic carbocycles. The molecule has 3 heterocycles. The average Bonchev–Trinajstić information content (AvgIpc) is 2.89. The molecule has 0 fully saturated rings. The van der Waals surface area contributed by atoms with E-state index in [1.807, 2.05) is 24.6 Å². The highest BCUT2D eigenvalue weighted by molar-refractivity contribution is 7.28. The molecule has 0 radical (unpaired) electrons. The molecule has 0 saturated carbocycles. The molecule has 0 bridgehead atoms. The average molecular weight is 248 g/mol. The zero-order valence-corrected chi connectivity index (χ0v) is 10.1. The summed E-state index contributed by atoms with van der Waals surface area (Å²) >= 11 is 3.20. The van der Waals surface area contributed by atoms with Gasteiger partial charge in [-0.05, 0) is 17.5 Å². The molecule has 80 valence electrons. The maximum absolute atomic E-state index is 12.1. The van der Waals surface area contributed by atoms with Crippen LogP contribution in [0.25, 0.3) is 9.40 Å². The third-order valence-electron chi connectivity index (χ3n) is 2.33. The third kappa shape index (κ3) is 1.48. The van der Waals surface area contributed by atoms with Gasteiger partial charge in [-0.3, -0.25) is 9.48 Å². The van der Waals surface area contributed by atoms with E-state index in [9.17, 15) is 4.79 Å². The van der Waals surface area contributed by atoms with Crippen LogP contribution in [-0.4, -0.2) is 15.6 Å². The molecular formula is C11H8N2OS2. The summed E-state index contributed by atoms with van der Waals surface area (Å²) < 4.78 is 4.00. The second kappa shape index (κ2) is 3.54. The van der Waals surface area contributed by atoms with Gasteiger partial charge < -0.3 is 0 Å². The first kappa shape index (κ1) is 9.74. The Morgan fingerprint density at radius 1 is 1.44 bits per heavy atom. The Morgan fingerprint density at radius 2 is 2.31 bits per heavy atom. The fourth-order valence-corrected chi connectivity index (χ4v) is 3.63. The zero-order chi connectivity index (χ0) is 11.1. The lowest BCUT2D eigenvalue weighted by atomic mass is 10.2. The summed E-state index contributed by atoms with van der Waals surface area (Å²) in [7, 11) is 1.81. The molecule has 0 spiro atoms. The van der Waals surface area contributed by atoms with E-state index in [2.05, 4.69) is 5.10 Å². The summed E-state index contributed by atoms with van der Waals surface area (Å²) in [6.45, 7) is 0. The Balaban J connectivity index is 2.04. The summed E-state index contributed by atoms with van der Waals surface area (Å²) in [5, 5.41) is 6.05. The minimum absolute atomic E-state index is 0.0569. The van der Waals surface area contributed by atoms with E-state index in [1.54, 1.807) is 28.4 Å². The van der Waals surface area contributed by atoms with Crippen molar-refractivity contribution in [3.8, 4) is 0 Å². The molecule has 3 rings (SSSR count). The lowest BCUT2D eigenvalue weighted by Crippen LogP contribution is -1.96. The molecule has 0 unspecified atom stereocenters. The van der Waals surface area contributed by atoms with Crippen LogP contribution >= 0.6 is 22.7 Å². The second-order valence-electron chi connectivity index (χ2n) is 3.49. The van der Waals surface area contributed by atoms with Gasteiger partial charge in [0.1, 0.15) is 0 Å². The summed E-state index contributed by atoms with van der Waals surface area (Å²) in [6.07, 6.45) is 3.35. The van der Waals surface area contributed by atoms with Crippen LogP contribution in [0.5, 0.6) is 0 Å². The predicted octanol–water partition coefficient (Wildman–Crippen LogP) is 2.93. The summed E-state index contributed by atoms with van der Waals surface area (Å²) in [4.78, 5) is 12.9. The smallest absolute Gasteiger partial charge is 0.206 e. The predicted molar refractivity (Wildman–Crippen MR) is 66.3 cm³/mol. The molecule has 0 saturated heterocycles. The number of fused-ring (bicyclic) bond motifs is 1. The van der Waals surface area contributed by atoms with Crippen LogP contribution in [0.1, 0.15) is 15.2 Å². The molecule has 16 heavy (non-hydrogen) atoms. The van der Waals surface area contributed by atoms with Gasteiger partial charge >= 0.3 is 0 Å². The number of aryl methyl sites for hydroxylation is 1. The molecule has 0 aliphatic rings.